The van der Waals surface area contributed by atoms with Gasteiger partial charge < -0.3 is 76.8 Å². The Balaban J connectivity index is 0.000000245. The Bertz CT molecular complexity index is 5580. The first-order valence-electron chi connectivity index (χ1n) is 40.7. The molecule has 4 aliphatic rings. The van der Waals surface area contributed by atoms with Crippen LogP contribution in [-0.2, 0) is 14.2 Å². The fraction of sp³-hybridized carbons (Fsp3) is 0.376. The Labute approximate surface area is 782 Å². The number of nitro groups is 1. The quantitative estimate of drug-likeness (QED) is 0.00555. The van der Waals surface area contributed by atoms with E-state index in [2.05, 4.69) is 102 Å². The smallest absolute Gasteiger partial charge is 0.410 e. The summed E-state index contributed by atoms with van der Waals surface area (Å²) < 4.78 is 16.4. The molecule has 126 heavy (non-hydrogen) atoms. The second-order valence-corrected chi connectivity index (χ2v) is 37.3. The monoisotopic (exact) mass is 1950 g/mol. The van der Waals surface area contributed by atoms with E-state index in [9.17, 15) is 24.5 Å². The summed E-state index contributed by atoms with van der Waals surface area (Å²) >= 11 is 15.8. The Kier molecular flexibility index (Phi) is 40.8. The van der Waals surface area contributed by atoms with Gasteiger partial charge in [0, 0.05) is 154 Å². The number of carbonyl (C=O) groups is 3. The van der Waals surface area contributed by atoms with Crippen LogP contribution < -0.4 is 34.2 Å². The van der Waals surface area contributed by atoms with Crippen molar-refractivity contribution >= 4 is 217 Å². The number of amides is 3. The summed E-state index contributed by atoms with van der Waals surface area (Å²) in [4.78, 5) is 78.2. The number of benzene rings is 4. The van der Waals surface area contributed by atoms with E-state index >= 15 is 0 Å². The van der Waals surface area contributed by atoms with Crippen molar-refractivity contribution in [3.63, 3.8) is 0 Å². The lowest BCUT2D eigenvalue weighted by Gasteiger charge is -2.32. The predicted octanol–water partition coefficient (Wildman–Crippen LogP) is 23.0. The third-order valence-corrected chi connectivity index (χ3v) is 24.4. The molecule has 0 bridgehead atoms. The number of fused-ring (bicyclic) bond motifs is 4. The van der Waals surface area contributed by atoms with Crippen molar-refractivity contribution < 1.29 is 39.0 Å². The van der Waals surface area contributed by atoms with Crippen molar-refractivity contribution in [3.05, 3.63) is 221 Å². The van der Waals surface area contributed by atoms with Crippen molar-refractivity contribution in [3.8, 4) is 0 Å². The minimum absolute atomic E-state index is 0. The second kappa shape index (κ2) is 49.0. The van der Waals surface area contributed by atoms with Crippen LogP contribution in [0.3, 0.4) is 0 Å². The molecule has 18 N–H and O–H groups in total. The standard InChI is InChI=1S/C25H30N4O2S.C20H22N4S.C20H25N3O4.C20H27N3O2.C6H7NS2.CH2Cl2.CH4.HI.H4N2.H2O/c1-25(2,3)31-24(30)29(4)18-10-7-16(8-11-18)20-15-27-21-12-9-17(14-19(20)21)28-23(26)22-6-5-13-32-22;1-22-14-6-4-13(5-7-14)17-12-23-18-9-8-15(11-16(17)18)24-20(21)19-3-2-10-25-19;1-20(2,3)27-19(24)22(4)14-7-5-13(6-8-14)17-12-21-18-10-9-15(23(25)26)11-16(17)18;1-20(2,3)25-19(24)23(4)15-8-5-13(6-9-15)17-12-22-18-10-7-14(21)11-16(17)18;1-8-6(7)5-3-2-4-9-5;2-1-3;;;1-2;/h5-7,9,12-15,18,27H,8,10-11H2,1-4H3,(H2,26,28);2-4,8-12,14,22-23H,5-7H2,1H3,(H2,21,24);5,9-12,14,21H,6-8H2,1-4H3;5,7,10-12,15,22H,6,8-9,21H2,1-4H3;2-4,7H,1H3;1H2;1H4;1H;1-2H2;1H2. The van der Waals surface area contributed by atoms with Gasteiger partial charge in [-0.2, -0.15) is 0 Å². The van der Waals surface area contributed by atoms with Crippen LogP contribution >= 0.6 is 93.0 Å². The molecule has 3 amide bonds. The number of nitrogens with zero attached hydrogens (tertiary/aromatic N) is 6. The number of alkyl halides is 2. The van der Waals surface area contributed by atoms with E-state index in [0.717, 1.165) is 152 Å². The first kappa shape index (κ1) is 105. The predicted molar refractivity (Wildman–Crippen MR) is 543 cm³/mol. The number of ether oxygens (including phenoxy) is 3. The van der Waals surface area contributed by atoms with Gasteiger partial charge in [-0.25, -0.2) is 24.4 Å². The number of nitrogens with two attached hydrogens (primary N) is 5. The first-order valence-corrected chi connectivity index (χ1v) is 45.6. The number of nitro benzene ring substituents is 1. The van der Waals surface area contributed by atoms with Gasteiger partial charge in [0.1, 0.15) is 33.5 Å². The van der Waals surface area contributed by atoms with Gasteiger partial charge in [0.25, 0.3) is 5.69 Å². The maximum Gasteiger partial charge on any atom is 0.410 e. The van der Waals surface area contributed by atoms with Crippen molar-refractivity contribution in [1.82, 2.24) is 40.0 Å². The molecule has 26 nitrogen and oxygen atoms in total. The zero-order chi connectivity index (χ0) is 89.5. The van der Waals surface area contributed by atoms with Gasteiger partial charge in [0.15, 0.2) is 0 Å². The van der Waals surface area contributed by atoms with Gasteiger partial charge in [-0.1, -0.05) is 49.9 Å². The number of thiophene rings is 3. The lowest BCUT2D eigenvalue weighted by Crippen LogP contribution is -2.41. The Hall–Kier alpha value is -9.78. The number of rotatable bonds is 14. The fourth-order valence-electron chi connectivity index (χ4n) is 14.6. The number of anilines is 1. The summed E-state index contributed by atoms with van der Waals surface area (Å²) in [7, 11) is 7.46. The van der Waals surface area contributed by atoms with Crippen LogP contribution in [0.4, 0.5) is 37.1 Å². The number of non-ortho nitro benzene ring substituents is 1. The maximum atomic E-state index is 12.4. The number of allylic oxidation sites excluding steroid dienone is 4. The largest absolute Gasteiger partial charge is 0.444 e. The molecule has 4 aromatic carbocycles. The van der Waals surface area contributed by atoms with Crippen LogP contribution in [0.5, 0.6) is 0 Å². The van der Waals surface area contributed by atoms with Crippen LogP contribution in [0.15, 0.2) is 184 Å². The number of aromatic nitrogens is 4. The molecule has 0 fully saturated rings. The van der Waals surface area contributed by atoms with E-state index in [1.807, 2.05) is 191 Å². The number of hydrogen-bond donors (Lipinski definition) is 11. The molecule has 0 radical (unpaired) electrons. The molecule has 7 aromatic heterocycles. The molecule has 0 saturated heterocycles. The van der Waals surface area contributed by atoms with Crippen molar-refractivity contribution in [1.29, 1.82) is 5.41 Å². The number of H-pyrrole nitrogens is 4. The summed E-state index contributed by atoms with van der Waals surface area (Å²) in [5, 5.41) is 33.0. The van der Waals surface area contributed by atoms with E-state index in [-0.39, 0.29) is 89.2 Å². The number of thioether (sulfide) groups is 1. The number of hydrogen-bond acceptors (Lipinski definition) is 19. The number of halogens is 3. The Morgan fingerprint density at radius 3 is 1.15 bits per heavy atom. The van der Waals surface area contributed by atoms with Crippen molar-refractivity contribution in [2.45, 2.75) is 188 Å². The van der Waals surface area contributed by atoms with Crippen LogP contribution in [0.2, 0.25) is 0 Å². The van der Waals surface area contributed by atoms with Crippen LogP contribution in [0.1, 0.15) is 184 Å². The zero-order valence-corrected chi connectivity index (χ0v) is 80.5. The Morgan fingerprint density at radius 2 is 0.857 bits per heavy atom. The molecule has 0 aliphatic heterocycles. The van der Waals surface area contributed by atoms with Crippen LogP contribution in [0, 0.1) is 15.5 Å². The summed E-state index contributed by atoms with van der Waals surface area (Å²) in [6.07, 6.45) is 29.2. The van der Waals surface area contributed by atoms with E-state index < -0.39 is 16.8 Å². The first-order chi connectivity index (χ1) is 58.6. The molecule has 15 rings (SSSR count). The number of nitrogen functional groups attached to an aromatic ring is 1. The summed E-state index contributed by atoms with van der Waals surface area (Å²) in [5.74, 6) is 9.10. The third kappa shape index (κ3) is 29.6. The highest BCUT2D eigenvalue weighted by atomic mass is 127. The third-order valence-electron chi connectivity index (χ3n) is 20.9. The lowest BCUT2D eigenvalue weighted by atomic mass is 9.90. The molecule has 4 aliphatic carbocycles. The highest BCUT2D eigenvalue weighted by molar-refractivity contribution is 14.0. The highest BCUT2D eigenvalue weighted by Gasteiger charge is 2.32. The van der Waals surface area contributed by atoms with Gasteiger partial charge in [0.2, 0.25) is 0 Å². The molecular formula is C93H124Cl2IN17O9S4. The number of carbonyl (C=O) groups excluding carboxylic acids is 3. The molecule has 11 aromatic rings. The van der Waals surface area contributed by atoms with E-state index in [0.29, 0.717) is 22.8 Å². The second-order valence-electron chi connectivity index (χ2n) is 32.9. The van der Waals surface area contributed by atoms with E-state index in [4.69, 9.17) is 60.0 Å². The maximum absolute atomic E-state index is 12.4. The van der Waals surface area contributed by atoms with E-state index in [1.54, 1.807) is 67.9 Å². The van der Waals surface area contributed by atoms with Gasteiger partial charge in [-0.3, -0.25) is 27.2 Å². The summed E-state index contributed by atoms with van der Waals surface area (Å²) in [6, 6.07) is 36.0. The normalized spacial score (nSPS) is 16.3. The topological polar surface area (TPSA) is 417 Å². The molecule has 7 heterocycles. The number of aromatic amines is 4. The summed E-state index contributed by atoms with van der Waals surface area (Å²) in [6.45, 7) is 16.9. The van der Waals surface area contributed by atoms with Crippen LogP contribution in [0.25, 0.3) is 65.9 Å². The lowest BCUT2D eigenvalue weighted by molar-refractivity contribution is -0.384. The average molecular weight is 1950 g/mol. The van der Waals surface area contributed by atoms with Gasteiger partial charge in [-0.15, -0.1) is 93.0 Å². The van der Waals surface area contributed by atoms with Gasteiger partial charge >= 0.3 is 18.3 Å². The molecule has 0 spiro atoms. The minimum Gasteiger partial charge on any atom is -0.444 e. The van der Waals surface area contributed by atoms with E-state index in [1.165, 1.54) is 63.0 Å². The molecule has 33 heteroatoms. The minimum atomic E-state index is -0.514. The van der Waals surface area contributed by atoms with Crippen molar-refractivity contribution in [2.24, 2.45) is 33.1 Å². The summed E-state index contributed by atoms with van der Waals surface area (Å²) in [5.41, 5.74) is 33.4. The number of nitrogens with one attached hydrogen (secondary N) is 6. The number of aliphatic imine (C=N–C) groups is 2. The molecule has 4 unspecified atom stereocenters. The van der Waals surface area contributed by atoms with Crippen LogP contribution in [-0.4, -0.2) is 161 Å². The molecule has 0 saturated carbocycles. The molecule has 680 valence electrons. The number of amidine groups is 2. The SMILES string of the molecule is C.CN(C(=O)OC(C)(C)C)C1CC=C(c2c[nH]c3ccc(N)cc23)CC1.CN(C(=O)OC(C)(C)C)C1CC=C(c2c[nH]c3ccc(N=C(N)c4cccs4)cc23)CC1.CN(C(=O)OC(C)(C)C)C1CC=C(c2c[nH]c3ccc([N+](=O)[O-])cc23)CC1.CNC1CC=C(c2c[nH]c3ccc(N=C(N)c4cccs4)cc23)CC1.CSC(=N)c1cccs1.ClCCl.I.NN.O. The highest BCUT2D eigenvalue weighted by Crippen LogP contribution is 2.40. The fourth-order valence-corrected chi connectivity index (χ4v) is 17.1. The Morgan fingerprint density at radius 1 is 0.540 bits per heavy atom. The van der Waals surface area contributed by atoms with Crippen molar-refractivity contribution in [2.75, 3.05) is 45.5 Å². The zero-order valence-electron chi connectivity index (χ0n) is 73.4. The molecule has 4 atom stereocenters. The van der Waals surface area contributed by atoms with Gasteiger partial charge in [0.05, 0.1) is 36.3 Å². The van der Waals surface area contributed by atoms with Gasteiger partial charge in [-0.05, 0) is 270 Å². The average Bonchev–Trinajstić information content (AvgIpc) is 1.65. The number of hydrazine groups is 1. The molecular weight excluding hydrogens is 1830 g/mol.